The van der Waals surface area contributed by atoms with Crippen LogP contribution in [0.4, 0.5) is 0 Å². The topological polar surface area (TPSA) is 85.6 Å². The van der Waals surface area contributed by atoms with E-state index in [9.17, 15) is 4.79 Å². The molecule has 1 aromatic carbocycles. The maximum atomic E-state index is 12.6. The van der Waals surface area contributed by atoms with Crippen LogP contribution in [-0.2, 0) is 5.75 Å². The average molecular weight is 491 g/mol. The number of pyridine rings is 1. The quantitative estimate of drug-likeness (QED) is 0.347. The van der Waals surface area contributed by atoms with Gasteiger partial charge >= 0.3 is 0 Å². The number of hydrogen-bond acceptors (Lipinski definition) is 7. The highest BCUT2D eigenvalue weighted by atomic mass is 32.2. The number of carbonyl (C=O) groups excluding carboxylic acids is 1. The Morgan fingerprint density at radius 1 is 1.15 bits per heavy atom. The standard InChI is InChI=1S/C25H26N6OS2/c1-17-8-5-6-12-21(17)31-23(18-9-7-13-26-14-18)29-30-25(31)34-16-22-28-20(15-33-22)24(32)27-19-10-3-2-4-11-19/h5-9,12-15,19H,2-4,10-11,16H2,1H3,(H,27,32). The van der Waals surface area contributed by atoms with E-state index < -0.39 is 0 Å². The molecule has 7 nitrogen and oxygen atoms in total. The van der Waals surface area contributed by atoms with Crippen LogP contribution in [0.25, 0.3) is 17.1 Å². The van der Waals surface area contributed by atoms with E-state index in [2.05, 4.69) is 49.1 Å². The minimum atomic E-state index is -0.0682. The summed E-state index contributed by atoms with van der Waals surface area (Å²) >= 11 is 3.07. The molecule has 1 aliphatic carbocycles. The molecular weight excluding hydrogens is 464 g/mol. The Morgan fingerprint density at radius 2 is 2.00 bits per heavy atom. The lowest BCUT2D eigenvalue weighted by Crippen LogP contribution is -2.36. The molecule has 0 bridgehead atoms. The first-order chi connectivity index (χ1) is 16.7. The zero-order chi connectivity index (χ0) is 23.3. The number of hydrogen-bond donors (Lipinski definition) is 1. The maximum Gasteiger partial charge on any atom is 0.270 e. The summed E-state index contributed by atoms with van der Waals surface area (Å²) in [6.45, 7) is 2.08. The lowest BCUT2D eigenvalue weighted by atomic mass is 9.95. The van der Waals surface area contributed by atoms with Gasteiger partial charge in [-0.2, -0.15) is 0 Å². The number of benzene rings is 1. The summed E-state index contributed by atoms with van der Waals surface area (Å²) in [7, 11) is 0. The van der Waals surface area contributed by atoms with Crippen LogP contribution in [0.2, 0.25) is 0 Å². The van der Waals surface area contributed by atoms with Crippen molar-refractivity contribution in [1.29, 1.82) is 0 Å². The summed E-state index contributed by atoms with van der Waals surface area (Å²) in [5.74, 6) is 1.29. The summed E-state index contributed by atoms with van der Waals surface area (Å²) in [6, 6.07) is 12.3. The lowest BCUT2D eigenvalue weighted by molar-refractivity contribution is 0.0923. The van der Waals surface area contributed by atoms with Crippen molar-refractivity contribution in [2.75, 3.05) is 0 Å². The first kappa shape index (κ1) is 22.7. The molecule has 0 spiro atoms. The third kappa shape index (κ3) is 5.05. The fourth-order valence-corrected chi connectivity index (χ4v) is 5.93. The van der Waals surface area contributed by atoms with Gasteiger partial charge in [0.25, 0.3) is 5.91 Å². The number of aromatic nitrogens is 5. The fourth-order valence-electron chi connectivity index (χ4n) is 4.19. The normalized spacial score (nSPS) is 14.3. The third-order valence-electron chi connectivity index (χ3n) is 5.96. The number of carbonyl (C=O) groups is 1. The molecule has 1 saturated carbocycles. The largest absolute Gasteiger partial charge is 0.348 e. The Labute approximate surface area is 207 Å². The van der Waals surface area contributed by atoms with Gasteiger partial charge in [-0.1, -0.05) is 49.2 Å². The van der Waals surface area contributed by atoms with E-state index in [1.807, 2.05) is 29.6 Å². The minimum absolute atomic E-state index is 0.0682. The highest BCUT2D eigenvalue weighted by Gasteiger charge is 2.20. The van der Waals surface area contributed by atoms with Crippen molar-refractivity contribution in [3.8, 4) is 17.1 Å². The molecule has 1 amide bonds. The molecule has 9 heteroatoms. The highest BCUT2D eigenvalue weighted by molar-refractivity contribution is 7.98. The van der Waals surface area contributed by atoms with Gasteiger partial charge in [-0.3, -0.25) is 14.3 Å². The van der Waals surface area contributed by atoms with Gasteiger partial charge in [0.05, 0.1) is 11.4 Å². The SMILES string of the molecule is Cc1ccccc1-n1c(SCc2nc(C(=O)NC3CCCCC3)cs2)nnc1-c1cccnc1. The van der Waals surface area contributed by atoms with Crippen LogP contribution in [0.5, 0.6) is 0 Å². The molecule has 5 rings (SSSR count). The average Bonchev–Trinajstić information content (AvgIpc) is 3.52. The van der Waals surface area contributed by atoms with E-state index >= 15 is 0 Å². The van der Waals surface area contributed by atoms with Crippen molar-refractivity contribution in [1.82, 2.24) is 30.0 Å². The Kier molecular flexibility index (Phi) is 7.01. The van der Waals surface area contributed by atoms with Gasteiger partial charge in [-0.25, -0.2) is 4.98 Å². The summed E-state index contributed by atoms with van der Waals surface area (Å²) in [5, 5.41) is 15.6. The number of thioether (sulfide) groups is 1. The fraction of sp³-hybridized carbons (Fsp3) is 0.320. The van der Waals surface area contributed by atoms with E-state index in [0.717, 1.165) is 45.6 Å². The molecule has 3 aromatic heterocycles. The molecule has 174 valence electrons. The number of aryl methyl sites for hydroxylation is 1. The molecule has 1 fully saturated rings. The molecule has 1 N–H and O–H groups in total. The summed E-state index contributed by atoms with van der Waals surface area (Å²) in [5.41, 5.74) is 3.56. The molecule has 34 heavy (non-hydrogen) atoms. The lowest BCUT2D eigenvalue weighted by Gasteiger charge is -2.22. The number of rotatable bonds is 7. The van der Waals surface area contributed by atoms with Gasteiger partial charge in [0.2, 0.25) is 0 Å². The van der Waals surface area contributed by atoms with E-state index in [0.29, 0.717) is 11.4 Å². The Bertz CT molecular complexity index is 1260. The van der Waals surface area contributed by atoms with Crippen LogP contribution in [-0.4, -0.2) is 36.7 Å². The second kappa shape index (κ2) is 10.5. The first-order valence-electron chi connectivity index (χ1n) is 11.5. The highest BCUT2D eigenvalue weighted by Crippen LogP contribution is 2.31. The van der Waals surface area contributed by atoms with E-state index in [4.69, 9.17) is 0 Å². The van der Waals surface area contributed by atoms with Gasteiger partial charge < -0.3 is 5.32 Å². The van der Waals surface area contributed by atoms with E-state index in [1.165, 1.54) is 30.6 Å². The number of para-hydroxylation sites is 1. The van der Waals surface area contributed by atoms with E-state index in [-0.39, 0.29) is 11.9 Å². The minimum Gasteiger partial charge on any atom is -0.348 e. The molecule has 1 aliphatic rings. The van der Waals surface area contributed by atoms with Gasteiger partial charge in [0, 0.05) is 29.4 Å². The Hall–Kier alpha value is -3.04. The molecule has 3 heterocycles. The number of thiazole rings is 1. The van der Waals surface area contributed by atoms with Crippen molar-refractivity contribution in [3.05, 3.63) is 70.4 Å². The predicted molar refractivity (Wildman–Crippen MR) is 135 cm³/mol. The van der Waals surface area contributed by atoms with Gasteiger partial charge in [0.1, 0.15) is 10.7 Å². The second-order valence-electron chi connectivity index (χ2n) is 8.39. The molecule has 0 atom stereocenters. The smallest absolute Gasteiger partial charge is 0.270 e. The van der Waals surface area contributed by atoms with Crippen LogP contribution in [0.3, 0.4) is 0 Å². The number of amides is 1. The van der Waals surface area contributed by atoms with Gasteiger partial charge in [0.15, 0.2) is 11.0 Å². The van der Waals surface area contributed by atoms with Gasteiger partial charge in [-0.05, 0) is 43.5 Å². The predicted octanol–water partition coefficient (Wildman–Crippen LogP) is 5.45. The van der Waals surface area contributed by atoms with Crippen molar-refractivity contribution < 1.29 is 4.79 Å². The third-order valence-corrected chi connectivity index (χ3v) is 7.93. The maximum absolute atomic E-state index is 12.6. The summed E-state index contributed by atoms with van der Waals surface area (Å²) in [4.78, 5) is 21.5. The summed E-state index contributed by atoms with van der Waals surface area (Å²) < 4.78 is 2.07. The van der Waals surface area contributed by atoms with Crippen LogP contribution in [0.1, 0.15) is 53.2 Å². The Morgan fingerprint density at radius 3 is 2.79 bits per heavy atom. The van der Waals surface area contributed by atoms with E-state index in [1.54, 1.807) is 24.2 Å². The molecule has 0 unspecified atom stereocenters. The van der Waals surface area contributed by atoms with Crippen molar-refractivity contribution in [2.24, 2.45) is 0 Å². The molecule has 0 aliphatic heterocycles. The van der Waals surface area contributed by atoms with Crippen LogP contribution in [0.15, 0.2) is 59.3 Å². The van der Waals surface area contributed by atoms with Crippen molar-refractivity contribution >= 4 is 29.0 Å². The molecular formula is C25H26N6OS2. The molecule has 0 radical (unpaired) electrons. The van der Waals surface area contributed by atoms with Crippen molar-refractivity contribution in [2.45, 2.75) is 56.0 Å². The van der Waals surface area contributed by atoms with Crippen LogP contribution >= 0.6 is 23.1 Å². The molecule has 4 aromatic rings. The zero-order valence-corrected chi connectivity index (χ0v) is 20.6. The second-order valence-corrected chi connectivity index (χ2v) is 10.3. The Balaban J connectivity index is 1.35. The van der Waals surface area contributed by atoms with Gasteiger partial charge in [-0.15, -0.1) is 21.5 Å². The number of nitrogens with zero attached hydrogens (tertiary/aromatic N) is 5. The molecule has 0 saturated heterocycles. The first-order valence-corrected chi connectivity index (χ1v) is 13.4. The van der Waals surface area contributed by atoms with Crippen LogP contribution < -0.4 is 5.32 Å². The monoisotopic (exact) mass is 490 g/mol. The van der Waals surface area contributed by atoms with Crippen LogP contribution in [0, 0.1) is 6.92 Å². The zero-order valence-electron chi connectivity index (χ0n) is 19.0. The summed E-state index contributed by atoms with van der Waals surface area (Å²) in [6.07, 6.45) is 9.31. The van der Waals surface area contributed by atoms with Crippen molar-refractivity contribution in [3.63, 3.8) is 0 Å². The number of nitrogens with one attached hydrogen (secondary N) is 1.